The molecule has 16 heavy (non-hydrogen) atoms. The Bertz CT molecular complexity index is 439. The molecule has 1 aliphatic rings. The number of rotatable bonds is 1. The fourth-order valence-corrected chi connectivity index (χ4v) is 1.74. The van der Waals surface area contributed by atoms with Gasteiger partial charge >= 0.3 is 6.09 Å². The highest BCUT2D eigenvalue weighted by molar-refractivity contribution is 6.30. The van der Waals surface area contributed by atoms with Crippen LogP contribution >= 0.6 is 11.6 Å². The van der Waals surface area contributed by atoms with Crippen LogP contribution in [0.15, 0.2) is 12.1 Å². The number of amides is 1. The molecule has 1 fully saturated rings. The predicted molar refractivity (Wildman–Crippen MR) is 53.2 cm³/mol. The Morgan fingerprint density at radius 1 is 1.44 bits per heavy atom. The number of hydrogen-bond donors (Lipinski definition) is 1. The summed E-state index contributed by atoms with van der Waals surface area (Å²) in [7, 11) is 0. The molecule has 1 N–H and O–H groups in total. The molecule has 1 aromatic carbocycles. The van der Waals surface area contributed by atoms with Crippen molar-refractivity contribution < 1.29 is 18.3 Å². The molecule has 0 aliphatic carbocycles. The second-order valence-corrected chi connectivity index (χ2v) is 3.77. The molecular formula is C10H8ClF2NO2. The Balaban J connectivity index is 2.39. The summed E-state index contributed by atoms with van der Waals surface area (Å²) in [6.07, 6.45) is -1.30. The maximum atomic E-state index is 13.6. The van der Waals surface area contributed by atoms with E-state index in [9.17, 15) is 13.6 Å². The number of hydrogen-bond acceptors (Lipinski definition) is 2. The molecule has 2 rings (SSSR count). The molecule has 3 nitrogen and oxygen atoms in total. The molecule has 1 saturated heterocycles. The lowest BCUT2D eigenvalue weighted by molar-refractivity contribution is 0.0698. The van der Waals surface area contributed by atoms with Gasteiger partial charge in [0.25, 0.3) is 0 Å². The van der Waals surface area contributed by atoms with Gasteiger partial charge in [0.1, 0.15) is 11.9 Å². The zero-order chi connectivity index (χ0) is 11.7. The summed E-state index contributed by atoms with van der Waals surface area (Å²) in [5.41, 5.74) is -0.289. The maximum Gasteiger partial charge on any atom is 0.407 e. The van der Waals surface area contributed by atoms with Gasteiger partial charge in [-0.25, -0.2) is 13.6 Å². The minimum absolute atomic E-state index is 0.189. The monoisotopic (exact) mass is 247 g/mol. The summed E-state index contributed by atoms with van der Waals surface area (Å²) in [4.78, 5) is 10.9. The summed E-state index contributed by atoms with van der Waals surface area (Å²) < 4.78 is 31.8. The third kappa shape index (κ3) is 1.95. The summed E-state index contributed by atoms with van der Waals surface area (Å²) in [5.74, 6) is -1.64. The largest absolute Gasteiger partial charge is 0.441 e. The van der Waals surface area contributed by atoms with Gasteiger partial charge in [0.05, 0.1) is 10.6 Å². The van der Waals surface area contributed by atoms with E-state index >= 15 is 0 Å². The average molecular weight is 248 g/mol. The van der Waals surface area contributed by atoms with E-state index in [2.05, 4.69) is 5.32 Å². The van der Waals surface area contributed by atoms with Crippen molar-refractivity contribution in [2.24, 2.45) is 0 Å². The lowest BCUT2D eigenvalue weighted by Crippen LogP contribution is -2.34. The smallest absolute Gasteiger partial charge is 0.407 e. The number of halogens is 3. The van der Waals surface area contributed by atoms with Gasteiger partial charge in [-0.05, 0) is 12.1 Å². The minimum atomic E-state index is -0.924. The molecule has 1 aromatic rings. The molecule has 0 unspecified atom stereocenters. The van der Waals surface area contributed by atoms with Crippen molar-refractivity contribution >= 4 is 17.7 Å². The van der Waals surface area contributed by atoms with Crippen molar-refractivity contribution in [3.63, 3.8) is 0 Å². The highest BCUT2D eigenvalue weighted by Crippen LogP contribution is 2.31. The highest BCUT2D eigenvalue weighted by atomic mass is 35.5. The number of alkyl carbamates (subject to hydrolysis) is 1. The molecule has 0 bridgehead atoms. The molecule has 6 heteroatoms. The first kappa shape index (κ1) is 11.1. The second kappa shape index (κ2) is 4.25. The van der Waals surface area contributed by atoms with Gasteiger partial charge in [0.15, 0.2) is 5.82 Å². The van der Waals surface area contributed by atoms with Crippen molar-refractivity contribution in [2.75, 3.05) is 6.54 Å². The molecule has 1 amide bonds. The van der Waals surface area contributed by atoms with Crippen molar-refractivity contribution in [2.45, 2.75) is 12.5 Å². The molecule has 1 aliphatic heterocycles. The molecule has 86 valence electrons. The first-order chi connectivity index (χ1) is 7.59. The van der Waals surface area contributed by atoms with Crippen LogP contribution in [0.2, 0.25) is 5.02 Å². The first-order valence-corrected chi connectivity index (χ1v) is 5.05. The fourth-order valence-electron chi connectivity index (χ4n) is 1.58. The molecule has 1 atom stereocenters. The Morgan fingerprint density at radius 2 is 2.19 bits per heavy atom. The van der Waals surface area contributed by atoms with E-state index in [1.54, 1.807) is 0 Å². The van der Waals surface area contributed by atoms with E-state index in [1.165, 1.54) is 0 Å². The Morgan fingerprint density at radius 3 is 2.88 bits per heavy atom. The van der Waals surface area contributed by atoms with E-state index in [1.807, 2.05) is 0 Å². The second-order valence-electron chi connectivity index (χ2n) is 3.37. The van der Waals surface area contributed by atoms with Crippen LogP contribution < -0.4 is 5.32 Å². The van der Waals surface area contributed by atoms with E-state index < -0.39 is 23.8 Å². The van der Waals surface area contributed by atoms with Crippen molar-refractivity contribution in [1.29, 1.82) is 0 Å². The molecule has 0 saturated carbocycles. The molecule has 1 heterocycles. The van der Waals surface area contributed by atoms with Crippen LogP contribution in [0.3, 0.4) is 0 Å². The number of nitrogens with one attached hydrogen (secondary N) is 1. The van der Waals surface area contributed by atoms with Crippen LogP contribution in [-0.4, -0.2) is 12.6 Å². The zero-order valence-electron chi connectivity index (χ0n) is 8.10. The number of benzene rings is 1. The zero-order valence-corrected chi connectivity index (χ0v) is 8.85. The molecular weight excluding hydrogens is 240 g/mol. The van der Waals surface area contributed by atoms with Crippen LogP contribution in [0, 0.1) is 11.6 Å². The lowest BCUT2D eigenvalue weighted by Gasteiger charge is -2.24. The van der Waals surface area contributed by atoms with Gasteiger partial charge in [-0.3, -0.25) is 0 Å². The topological polar surface area (TPSA) is 38.3 Å². The summed E-state index contributed by atoms with van der Waals surface area (Å²) in [6, 6.07) is 2.18. The van der Waals surface area contributed by atoms with Gasteiger partial charge in [-0.15, -0.1) is 0 Å². The van der Waals surface area contributed by atoms with E-state index in [0.717, 1.165) is 12.1 Å². The minimum Gasteiger partial charge on any atom is -0.441 e. The van der Waals surface area contributed by atoms with Crippen LogP contribution in [0.4, 0.5) is 13.6 Å². The molecule has 0 aromatic heterocycles. The lowest BCUT2D eigenvalue weighted by atomic mass is 10.0. The number of carbonyl (C=O) groups is 1. The summed E-state index contributed by atoms with van der Waals surface area (Å²) in [6.45, 7) is 0.314. The third-order valence-corrected chi connectivity index (χ3v) is 2.62. The van der Waals surface area contributed by atoms with Crippen molar-refractivity contribution in [3.8, 4) is 0 Å². The van der Waals surface area contributed by atoms with Crippen LogP contribution in [0.5, 0.6) is 0 Å². The van der Waals surface area contributed by atoms with Crippen molar-refractivity contribution in [3.05, 3.63) is 34.4 Å². The first-order valence-electron chi connectivity index (χ1n) is 4.67. The Kier molecular flexibility index (Phi) is 2.96. The Labute approximate surface area is 95.3 Å². The number of cyclic esters (lactones) is 1. The van der Waals surface area contributed by atoms with E-state index in [0.29, 0.717) is 13.0 Å². The van der Waals surface area contributed by atoms with Gasteiger partial charge in [0.2, 0.25) is 0 Å². The maximum absolute atomic E-state index is 13.6. The molecule has 0 spiro atoms. The fraction of sp³-hybridized carbons (Fsp3) is 0.300. The van der Waals surface area contributed by atoms with E-state index in [4.69, 9.17) is 16.3 Å². The number of carbonyl (C=O) groups excluding carboxylic acids is 1. The quantitative estimate of drug-likeness (QED) is 0.775. The third-order valence-electron chi connectivity index (χ3n) is 2.33. The van der Waals surface area contributed by atoms with Crippen molar-refractivity contribution in [1.82, 2.24) is 5.32 Å². The van der Waals surface area contributed by atoms with Gasteiger partial charge in [0, 0.05) is 13.0 Å². The average Bonchev–Trinajstić information content (AvgIpc) is 2.24. The van der Waals surface area contributed by atoms with Crippen LogP contribution in [0.25, 0.3) is 0 Å². The predicted octanol–water partition coefficient (Wildman–Crippen LogP) is 2.79. The van der Waals surface area contributed by atoms with Crippen LogP contribution in [0.1, 0.15) is 18.1 Å². The van der Waals surface area contributed by atoms with Gasteiger partial charge < -0.3 is 10.1 Å². The number of ether oxygens (including phenoxy) is 1. The van der Waals surface area contributed by atoms with E-state index in [-0.39, 0.29) is 10.6 Å². The SMILES string of the molecule is O=C1NCC[C@H](c2c(F)ccc(Cl)c2F)O1. The highest BCUT2D eigenvalue weighted by Gasteiger charge is 2.28. The normalized spacial score (nSPS) is 20.2. The van der Waals surface area contributed by atoms with Crippen LogP contribution in [-0.2, 0) is 4.74 Å². The summed E-state index contributed by atoms with van der Waals surface area (Å²) >= 11 is 5.54. The van der Waals surface area contributed by atoms with Gasteiger partial charge in [-0.2, -0.15) is 0 Å². The summed E-state index contributed by atoms with van der Waals surface area (Å²) in [5, 5.41) is 2.21. The standard InChI is InChI=1S/C10H8ClF2NO2/c11-5-1-2-6(12)8(9(5)13)7-3-4-14-10(15)16-7/h1-2,7H,3-4H2,(H,14,15)/t7-/m1/s1. The Hall–Kier alpha value is -1.36. The molecule has 0 radical (unpaired) electrons. The van der Waals surface area contributed by atoms with Gasteiger partial charge in [-0.1, -0.05) is 11.6 Å².